The van der Waals surface area contributed by atoms with Crippen LogP contribution in [0.25, 0.3) is 0 Å². The standard InChI is InChI=1S/C11H17BrN2OS/c1-8(13)11(10-6-9(12)7-16-10)14-4-2-3-5-15-14/h6-8,11H,2-5,13H2,1H3. The first-order valence-corrected chi connectivity index (χ1v) is 7.25. The highest BCUT2D eigenvalue weighted by Crippen LogP contribution is 2.32. The molecule has 1 aliphatic rings. The van der Waals surface area contributed by atoms with Gasteiger partial charge in [-0.25, -0.2) is 0 Å². The van der Waals surface area contributed by atoms with Gasteiger partial charge in [-0.2, -0.15) is 5.06 Å². The van der Waals surface area contributed by atoms with Crippen LogP contribution in [-0.2, 0) is 4.84 Å². The van der Waals surface area contributed by atoms with Gasteiger partial charge in [0.05, 0.1) is 12.6 Å². The summed E-state index contributed by atoms with van der Waals surface area (Å²) in [5.41, 5.74) is 6.08. The van der Waals surface area contributed by atoms with Crippen molar-refractivity contribution < 1.29 is 4.84 Å². The summed E-state index contributed by atoms with van der Waals surface area (Å²) in [5.74, 6) is 0. The predicted molar refractivity (Wildman–Crippen MR) is 70.3 cm³/mol. The lowest BCUT2D eigenvalue weighted by molar-refractivity contribution is -0.210. The van der Waals surface area contributed by atoms with E-state index in [9.17, 15) is 0 Å². The third-order valence-electron chi connectivity index (χ3n) is 2.72. The van der Waals surface area contributed by atoms with Gasteiger partial charge in [-0.05, 0) is 41.8 Å². The molecule has 0 amide bonds. The molecule has 2 rings (SSSR count). The average Bonchev–Trinajstić information content (AvgIpc) is 2.66. The van der Waals surface area contributed by atoms with Gasteiger partial charge in [0, 0.05) is 27.3 Å². The average molecular weight is 305 g/mol. The van der Waals surface area contributed by atoms with E-state index in [0.717, 1.165) is 24.0 Å². The van der Waals surface area contributed by atoms with Crippen molar-refractivity contribution in [2.75, 3.05) is 13.2 Å². The molecule has 3 nitrogen and oxygen atoms in total. The molecular formula is C11H17BrN2OS. The van der Waals surface area contributed by atoms with Crippen molar-refractivity contribution in [3.8, 4) is 0 Å². The van der Waals surface area contributed by atoms with Gasteiger partial charge in [0.1, 0.15) is 0 Å². The smallest absolute Gasteiger partial charge is 0.0843 e. The van der Waals surface area contributed by atoms with E-state index in [1.807, 2.05) is 12.0 Å². The molecule has 2 unspecified atom stereocenters. The normalized spacial score (nSPS) is 21.9. The van der Waals surface area contributed by atoms with Crippen LogP contribution in [0, 0.1) is 0 Å². The Bertz CT molecular complexity index is 336. The van der Waals surface area contributed by atoms with Crippen LogP contribution in [0.3, 0.4) is 0 Å². The lowest BCUT2D eigenvalue weighted by Gasteiger charge is -2.35. The third kappa shape index (κ3) is 2.84. The summed E-state index contributed by atoms with van der Waals surface area (Å²) in [6.45, 7) is 3.83. The van der Waals surface area contributed by atoms with Gasteiger partial charge in [0.15, 0.2) is 0 Å². The minimum atomic E-state index is 0.0728. The second-order valence-corrected chi connectivity index (χ2v) is 6.01. The SMILES string of the molecule is CC(N)C(c1cc(Br)cs1)N1CCCCO1. The number of hydrogen-bond acceptors (Lipinski definition) is 4. The molecular weight excluding hydrogens is 288 g/mol. The molecule has 16 heavy (non-hydrogen) atoms. The molecule has 5 heteroatoms. The zero-order valence-corrected chi connectivity index (χ0v) is 11.8. The molecule has 1 aromatic heterocycles. The Morgan fingerprint density at radius 3 is 2.88 bits per heavy atom. The number of nitrogens with zero attached hydrogens (tertiary/aromatic N) is 1. The van der Waals surface area contributed by atoms with Crippen LogP contribution in [0.1, 0.15) is 30.7 Å². The van der Waals surface area contributed by atoms with Gasteiger partial charge in [-0.1, -0.05) is 0 Å². The van der Waals surface area contributed by atoms with Crippen LogP contribution in [0.4, 0.5) is 0 Å². The first-order valence-electron chi connectivity index (χ1n) is 5.57. The van der Waals surface area contributed by atoms with Crippen LogP contribution in [0.5, 0.6) is 0 Å². The van der Waals surface area contributed by atoms with E-state index < -0.39 is 0 Å². The molecule has 1 aliphatic heterocycles. The summed E-state index contributed by atoms with van der Waals surface area (Å²) in [5, 5.41) is 4.14. The molecule has 0 aromatic carbocycles. The quantitative estimate of drug-likeness (QED) is 0.933. The van der Waals surface area contributed by atoms with Crippen LogP contribution in [0.15, 0.2) is 15.9 Å². The van der Waals surface area contributed by atoms with Gasteiger partial charge in [-0.15, -0.1) is 11.3 Å². The maximum atomic E-state index is 6.08. The Labute approximate surface area is 109 Å². The fourth-order valence-corrected chi connectivity index (χ4v) is 3.64. The van der Waals surface area contributed by atoms with Crippen molar-refractivity contribution in [2.45, 2.75) is 31.8 Å². The van der Waals surface area contributed by atoms with Crippen molar-refractivity contribution in [2.24, 2.45) is 5.73 Å². The Morgan fingerprint density at radius 2 is 2.38 bits per heavy atom. The summed E-state index contributed by atoms with van der Waals surface area (Å²) in [6, 6.07) is 2.39. The molecule has 2 atom stereocenters. The molecule has 0 aliphatic carbocycles. The molecule has 0 radical (unpaired) electrons. The molecule has 1 saturated heterocycles. The maximum absolute atomic E-state index is 6.08. The van der Waals surface area contributed by atoms with E-state index in [1.54, 1.807) is 11.3 Å². The Kier molecular flexibility index (Phi) is 4.38. The summed E-state index contributed by atoms with van der Waals surface area (Å²) >= 11 is 5.21. The van der Waals surface area contributed by atoms with Gasteiger partial charge in [0.25, 0.3) is 0 Å². The van der Waals surface area contributed by atoms with Gasteiger partial charge < -0.3 is 5.73 Å². The molecule has 0 bridgehead atoms. The second kappa shape index (κ2) is 5.60. The van der Waals surface area contributed by atoms with Crippen molar-refractivity contribution in [3.63, 3.8) is 0 Å². The van der Waals surface area contributed by atoms with Crippen LogP contribution in [-0.4, -0.2) is 24.3 Å². The largest absolute Gasteiger partial charge is 0.326 e. The van der Waals surface area contributed by atoms with E-state index in [2.05, 4.69) is 27.4 Å². The number of nitrogens with two attached hydrogens (primary N) is 1. The van der Waals surface area contributed by atoms with E-state index in [0.29, 0.717) is 0 Å². The van der Waals surface area contributed by atoms with Gasteiger partial charge in [-0.3, -0.25) is 4.84 Å². The molecule has 2 heterocycles. The molecule has 90 valence electrons. The lowest BCUT2D eigenvalue weighted by atomic mass is 10.1. The summed E-state index contributed by atoms with van der Waals surface area (Å²) in [6.07, 6.45) is 2.34. The van der Waals surface area contributed by atoms with Gasteiger partial charge in [0.2, 0.25) is 0 Å². The maximum Gasteiger partial charge on any atom is 0.0843 e. The van der Waals surface area contributed by atoms with E-state index >= 15 is 0 Å². The van der Waals surface area contributed by atoms with E-state index in [4.69, 9.17) is 10.6 Å². The van der Waals surface area contributed by atoms with Crippen molar-refractivity contribution in [1.82, 2.24) is 5.06 Å². The minimum absolute atomic E-state index is 0.0728. The summed E-state index contributed by atoms with van der Waals surface area (Å²) < 4.78 is 1.12. The molecule has 0 saturated carbocycles. The van der Waals surface area contributed by atoms with E-state index in [-0.39, 0.29) is 12.1 Å². The second-order valence-electron chi connectivity index (χ2n) is 4.15. The van der Waals surface area contributed by atoms with Crippen molar-refractivity contribution >= 4 is 27.3 Å². The van der Waals surface area contributed by atoms with E-state index in [1.165, 1.54) is 11.3 Å². The first kappa shape index (κ1) is 12.5. The number of hydroxylamine groups is 2. The van der Waals surface area contributed by atoms with Crippen LogP contribution >= 0.6 is 27.3 Å². The number of halogens is 1. The topological polar surface area (TPSA) is 38.5 Å². The van der Waals surface area contributed by atoms with Crippen LogP contribution < -0.4 is 5.73 Å². The van der Waals surface area contributed by atoms with Crippen molar-refractivity contribution in [3.05, 3.63) is 20.8 Å². The van der Waals surface area contributed by atoms with Crippen molar-refractivity contribution in [1.29, 1.82) is 0 Å². The zero-order valence-electron chi connectivity index (χ0n) is 9.36. The third-order valence-corrected chi connectivity index (χ3v) is 4.48. The molecule has 1 aromatic rings. The summed E-state index contributed by atoms with van der Waals surface area (Å²) in [4.78, 5) is 6.98. The molecule has 2 N–H and O–H groups in total. The fourth-order valence-electron chi connectivity index (χ4n) is 1.98. The highest BCUT2D eigenvalue weighted by molar-refractivity contribution is 9.10. The monoisotopic (exact) mass is 304 g/mol. The highest BCUT2D eigenvalue weighted by atomic mass is 79.9. The lowest BCUT2D eigenvalue weighted by Crippen LogP contribution is -2.41. The molecule has 1 fully saturated rings. The number of rotatable bonds is 3. The number of thiophene rings is 1. The Morgan fingerprint density at radius 1 is 1.56 bits per heavy atom. The first-order chi connectivity index (χ1) is 7.68. The minimum Gasteiger partial charge on any atom is -0.326 e. The molecule has 0 spiro atoms. The Balaban J connectivity index is 2.16. The highest BCUT2D eigenvalue weighted by Gasteiger charge is 2.27. The summed E-state index contributed by atoms with van der Waals surface area (Å²) in [7, 11) is 0. The number of hydrogen-bond donors (Lipinski definition) is 1. The van der Waals surface area contributed by atoms with Crippen LogP contribution in [0.2, 0.25) is 0 Å². The Hall–Kier alpha value is 0.0600. The zero-order chi connectivity index (χ0) is 11.5. The predicted octanol–water partition coefficient (Wildman–Crippen LogP) is 2.93. The van der Waals surface area contributed by atoms with Gasteiger partial charge >= 0.3 is 0 Å². The fraction of sp³-hybridized carbons (Fsp3) is 0.636.